The largest absolute Gasteiger partial charge is 0.487 e. The van der Waals surface area contributed by atoms with Crippen LogP contribution >= 0.6 is 0 Å². The van der Waals surface area contributed by atoms with Crippen molar-refractivity contribution in [3.63, 3.8) is 0 Å². The maximum absolute atomic E-state index is 12.0. The molecule has 0 aromatic heterocycles. The summed E-state index contributed by atoms with van der Waals surface area (Å²) in [5, 5.41) is 10.5. The topological polar surface area (TPSA) is 61.6 Å². The molecule has 0 amide bonds. The first kappa shape index (κ1) is 13.1. The van der Waals surface area contributed by atoms with Gasteiger partial charge < -0.3 is 9.47 Å². The Hall–Kier alpha value is -1.92. The summed E-state index contributed by atoms with van der Waals surface area (Å²) in [5.41, 5.74) is -0.202. The molecule has 0 fully saturated rings. The minimum atomic E-state index is -0.731. The van der Waals surface area contributed by atoms with Crippen molar-refractivity contribution in [1.82, 2.24) is 0 Å². The lowest BCUT2D eigenvalue weighted by Crippen LogP contribution is -2.04. The van der Waals surface area contributed by atoms with Crippen molar-refractivity contribution in [2.45, 2.75) is 0 Å². The Bertz CT molecular complexity index is 387. The van der Waals surface area contributed by atoms with Crippen LogP contribution in [0.2, 0.25) is 0 Å². The van der Waals surface area contributed by atoms with Gasteiger partial charge in [0.05, 0.1) is 11.0 Å². The van der Waals surface area contributed by atoms with Gasteiger partial charge >= 0.3 is 0 Å². The molecule has 0 aliphatic heterocycles. The monoisotopic (exact) mass is 247 g/mol. The molecule has 0 aliphatic rings. The second kappa shape index (κ2) is 6.62. The molecule has 0 bridgehead atoms. The third-order valence-corrected chi connectivity index (χ3v) is 1.81. The highest BCUT2D eigenvalue weighted by atomic mass is 19.1. The molecule has 1 aromatic rings. The zero-order chi connectivity index (χ0) is 12.7. The molecule has 7 heteroatoms. The predicted molar refractivity (Wildman–Crippen MR) is 56.0 cm³/mol. The number of hydrogen-bond acceptors (Lipinski definition) is 4. The van der Waals surface area contributed by atoms with Crippen LogP contribution in [0.5, 0.6) is 11.5 Å². The zero-order valence-electron chi connectivity index (χ0n) is 8.90. The van der Waals surface area contributed by atoms with Crippen LogP contribution in [0.25, 0.3) is 0 Å². The molecule has 0 heterocycles. The van der Waals surface area contributed by atoms with Crippen LogP contribution in [0, 0.1) is 10.1 Å². The van der Waals surface area contributed by atoms with Gasteiger partial charge in [-0.3, -0.25) is 10.1 Å². The van der Waals surface area contributed by atoms with Crippen molar-refractivity contribution in [1.29, 1.82) is 0 Å². The fourth-order valence-corrected chi connectivity index (χ4v) is 1.14. The number of nitro groups is 1. The van der Waals surface area contributed by atoms with Crippen molar-refractivity contribution in [3.8, 4) is 11.5 Å². The van der Waals surface area contributed by atoms with Gasteiger partial charge in [0.2, 0.25) is 0 Å². The van der Waals surface area contributed by atoms with Crippen LogP contribution in [-0.2, 0) is 0 Å². The first-order chi connectivity index (χ1) is 8.19. The lowest BCUT2D eigenvalue weighted by molar-refractivity contribution is -0.385. The lowest BCUT2D eigenvalue weighted by Gasteiger charge is -2.10. The van der Waals surface area contributed by atoms with E-state index < -0.39 is 18.3 Å². The second-order valence-corrected chi connectivity index (χ2v) is 2.96. The number of ether oxygens (including phenoxy) is 2. The molecule has 0 aliphatic carbocycles. The summed E-state index contributed by atoms with van der Waals surface area (Å²) in [6, 6.07) is 3.61. The molecule has 0 saturated heterocycles. The Morgan fingerprint density at radius 3 is 2.24 bits per heavy atom. The molecule has 0 spiro atoms. The number of halogens is 2. The fraction of sp³-hybridized carbons (Fsp3) is 0.400. The molecular weight excluding hydrogens is 236 g/mol. The van der Waals surface area contributed by atoms with Gasteiger partial charge in [0.15, 0.2) is 11.5 Å². The van der Waals surface area contributed by atoms with Gasteiger partial charge in [-0.15, -0.1) is 0 Å². The van der Waals surface area contributed by atoms with Crippen LogP contribution in [0.3, 0.4) is 0 Å². The number of nitro benzene ring substituents is 1. The maximum atomic E-state index is 12.0. The maximum Gasteiger partial charge on any atom is 0.273 e. The van der Waals surface area contributed by atoms with Crippen LogP contribution in [0.15, 0.2) is 18.2 Å². The minimum absolute atomic E-state index is 0.0327. The first-order valence-corrected chi connectivity index (χ1v) is 4.85. The van der Waals surface area contributed by atoms with Crippen LogP contribution in [0.4, 0.5) is 14.5 Å². The van der Waals surface area contributed by atoms with E-state index in [1.165, 1.54) is 12.1 Å². The van der Waals surface area contributed by atoms with Crippen LogP contribution < -0.4 is 9.47 Å². The van der Waals surface area contributed by atoms with Gasteiger partial charge in [0.1, 0.15) is 26.6 Å². The lowest BCUT2D eigenvalue weighted by atomic mass is 10.3. The Kier molecular flexibility index (Phi) is 5.12. The first-order valence-electron chi connectivity index (χ1n) is 4.85. The van der Waals surface area contributed by atoms with Crippen molar-refractivity contribution >= 4 is 5.69 Å². The van der Waals surface area contributed by atoms with Crippen molar-refractivity contribution < 1.29 is 23.2 Å². The van der Waals surface area contributed by atoms with Crippen molar-refractivity contribution in [2.24, 2.45) is 0 Å². The third-order valence-electron chi connectivity index (χ3n) is 1.81. The summed E-state index contributed by atoms with van der Waals surface area (Å²) in [6.45, 7) is -1.86. The van der Waals surface area contributed by atoms with E-state index in [2.05, 4.69) is 0 Å². The fourth-order valence-electron chi connectivity index (χ4n) is 1.14. The summed E-state index contributed by atoms with van der Waals surface area (Å²) < 4.78 is 33.8. The summed E-state index contributed by atoms with van der Waals surface area (Å²) in [6.07, 6.45) is 0. The number of non-ortho nitro benzene ring substituents is 1. The van der Waals surface area contributed by atoms with E-state index in [1.807, 2.05) is 0 Å². The van der Waals surface area contributed by atoms with Crippen molar-refractivity contribution in [3.05, 3.63) is 28.3 Å². The Morgan fingerprint density at radius 2 is 1.71 bits per heavy atom. The summed E-state index contributed by atoms with van der Waals surface area (Å²) in [7, 11) is 0. The quantitative estimate of drug-likeness (QED) is 0.547. The minimum Gasteiger partial charge on any atom is -0.487 e. The van der Waals surface area contributed by atoms with E-state index in [0.29, 0.717) is 0 Å². The zero-order valence-corrected chi connectivity index (χ0v) is 8.90. The molecule has 0 atom stereocenters. The van der Waals surface area contributed by atoms with Crippen molar-refractivity contribution in [2.75, 3.05) is 26.6 Å². The van der Waals surface area contributed by atoms with E-state index in [-0.39, 0.29) is 30.4 Å². The van der Waals surface area contributed by atoms with Gasteiger partial charge in [-0.25, -0.2) is 8.78 Å². The molecule has 94 valence electrons. The van der Waals surface area contributed by atoms with E-state index in [0.717, 1.165) is 6.07 Å². The Morgan fingerprint density at radius 1 is 1.12 bits per heavy atom. The summed E-state index contributed by atoms with van der Waals surface area (Å²) in [4.78, 5) is 9.92. The average Bonchev–Trinajstić information content (AvgIpc) is 2.34. The van der Waals surface area contributed by atoms with Gasteiger partial charge in [0, 0.05) is 6.07 Å². The van der Waals surface area contributed by atoms with E-state index in [1.54, 1.807) is 0 Å². The van der Waals surface area contributed by atoms with Gasteiger partial charge in [-0.05, 0) is 6.07 Å². The summed E-state index contributed by atoms with van der Waals surface area (Å²) >= 11 is 0. The molecule has 1 rings (SSSR count). The number of benzene rings is 1. The average molecular weight is 247 g/mol. The molecule has 0 N–H and O–H groups in total. The molecule has 5 nitrogen and oxygen atoms in total. The van der Waals surface area contributed by atoms with Gasteiger partial charge in [-0.2, -0.15) is 0 Å². The van der Waals surface area contributed by atoms with Crippen LogP contribution in [0.1, 0.15) is 0 Å². The molecular formula is C10H11F2NO4. The van der Waals surface area contributed by atoms with E-state index >= 15 is 0 Å². The molecule has 0 unspecified atom stereocenters. The molecule has 1 aromatic carbocycles. The Balaban J connectivity index is 2.90. The SMILES string of the molecule is O=[N+]([O-])c1ccc(OCCF)c(OCCF)c1. The normalized spacial score (nSPS) is 10.0. The van der Waals surface area contributed by atoms with E-state index in [9.17, 15) is 18.9 Å². The molecule has 0 saturated carbocycles. The number of alkyl halides is 2. The van der Waals surface area contributed by atoms with Gasteiger partial charge in [-0.1, -0.05) is 0 Å². The number of rotatable bonds is 7. The molecule has 0 radical (unpaired) electrons. The van der Waals surface area contributed by atoms with Gasteiger partial charge in [0.25, 0.3) is 5.69 Å². The highest BCUT2D eigenvalue weighted by Crippen LogP contribution is 2.31. The smallest absolute Gasteiger partial charge is 0.273 e. The Labute approximate surface area is 96.1 Å². The predicted octanol–water partition coefficient (Wildman–Crippen LogP) is 2.29. The number of hydrogen-bond donors (Lipinski definition) is 0. The highest BCUT2D eigenvalue weighted by Gasteiger charge is 2.13. The highest BCUT2D eigenvalue weighted by molar-refractivity contribution is 5.48. The van der Waals surface area contributed by atoms with E-state index in [4.69, 9.17) is 9.47 Å². The standard InChI is InChI=1S/C10H11F2NO4/c11-3-5-16-9-2-1-8(13(14)15)7-10(9)17-6-4-12/h1-2,7H,3-6H2. The third kappa shape index (κ3) is 3.86. The number of nitrogens with zero attached hydrogens (tertiary/aromatic N) is 1. The molecule has 17 heavy (non-hydrogen) atoms. The summed E-state index contributed by atoms with van der Waals surface area (Å²) in [5.74, 6) is 0.187. The van der Waals surface area contributed by atoms with Crippen LogP contribution in [-0.4, -0.2) is 31.5 Å². The second-order valence-electron chi connectivity index (χ2n) is 2.96.